The highest BCUT2D eigenvalue weighted by molar-refractivity contribution is 5.20. The van der Waals surface area contributed by atoms with Gasteiger partial charge in [0.1, 0.15) is 0 Å². The van der Waals surface area contributed by atoms with E-state index in [0.717, 1.165) is 6.42 Å². The minimum absolute atomic E-state index is 1.08. The van der Waals surface area contributed by atoms with Crippen LogP contribution in [0.5, 0.6) is 0 Å². The molecule has 0 nitrogen and oxygen atoms in total. The lowest BCUT2D eigenvalue weighted by Gasteiger charge is -1.98. The fourth-order valence-electron chi connectivity index (χ4n) is 2.16. The van der Waals surface area contributed by atoms with Gasteiger partial charge in [0.05, 0.1) is 0 Å². The highest BCUT2D eigenvalue weighted by Gasteiger charge is 1.89. The topological polar surface area (TPSA) is 0 Å². The molecular formula is C22H29. The highest BCUT2D eigenvalue weighted by atomic mass is 14.0. The molecule has 0 aromatic heterocycles. The highest BCUT2D eigenvalue weighted by Crippen LogP contribution is 2.09. The summed E-state index contributed by atoms with van der Waals surface area (Å²) in [5, 5.41) is 0. The van der Waals surface area contributed by atoms with E-state index in [1.807, 2.05) is 54.7 Å². The molecule has 0 fully saturated rings. The van der Waals surface area contributed by atoms with Crippen LogP contribution in [0, 0.1) is 6.08 Å². The van der Waals surface area contributed by atoms with Gasteiger partial charge in [-0.1, -0.05) is 105 Å². The fourth-order valence-corrected chi connectivity index (χ4v) is 2.16. The molecule has 22 heavy (non-hydrogen) atoms. The Kier molecular flexibility index (Phi) is 12.9. The minimum Gasteiger partial charge on any atom is -0.0845 e. The minimum atomic E-state index is 1.08. The van der Waals surface area contributed by atoms with Gasteiger partial charge in [0.25, 0.3) is 0 Å². The first-order valence-electron chi connectivity index (χ1n) is 8.55. The lowest BCUT2D eigenvalue weighted by Crippen LogP contribution is -1.79. The molecule has 1 aliphatic rings. The predicted molar refractivity (Wildman–Crippen MR) is 99.6 cm³/mol. The third-order valence-electron chi connectivity index (χ3n) is 3.40. The molecule has 0 amide bonds. The molecule has 0 unspecified atom stereocenters. The number of hydrogen-bond acceptors (Lipinski definition) is 0. The number of rotatable bonds is 0. The van der Waals surface area contributed by atoms with E-state index in [1.165, 1.54) is 44.9 Å². The zero-order valence-corrected chi connectivity index (χ0v) is 13.7. The number of hydrogen-bond donors (Lipinski definition) is 0. The summed E-state index contributed by atoms with van der Waals surface area (Å²) in [6, 6.07) is 0. The molecule has 0 spiro atoms. The third-order valence-corrected chi connectivity index (χ3v) is 3.40. The van der Waals surface area contributed by atoms with Gasteiger partial charge in [0.15, 0.2) is 0 Å². The smallest absolute Gasteiger partial charge is 0.0276 e. The summed E-state index contributed by atoms with van der Waals surface area (Å²) in [7, 11) is 0. The van der Waals surface area contributed by atoms with Crippen LogP contribution in [0.2, 0.25) is 0 Å². The Morgan fingerprint density at radius 3 is 1.64 bits per heavy atom. The average Bonchev–Trinajstić information content (AvgIpc) is 2.53. The molecule has 0 bridgehead atoms. The van der Waals surface area contributed by atoms with Crippen molar-refractivity contribution in [2.45, 2.75) is 51.4 Å². The van der Waals surface area contributed by atoms with Crippen molar-refractivity contribution in [1.29, 1.82) is 0 Å². The van der Waals surface area contributed by atoms with Crippen molar-refractivity contribution in [2.24, 2.45) is 0 Å². The summed E-state index contributed by atoms with van der Waals surface area (Å²) >= 11 is 0. The zero-order chi connectivity index (χ0) is 15.6. The Morgan fingerprint density at radius 2 is 0.955 bits per heavy atom. The van der Waals surface area contributed by atoms with Gasteiger partial charge in [0, 0.05) is 0 Å². The van der Waals surface area contributed by atoms with Crippen molar-refractivity contribution in [3.8, 4) is 0 Å². The largest absolute Gasteiger partial charge is 0.0845 e. The van der Waals surface area contributed by atoms with E-state index < -0.39 is 0 Å². The molecule has 1 radical (unpaired) electrons. The summed E-state index contributed by atoms with van der Waals surface area (Å²) in [6.45, 7) is 0. The zero-order valence-electron chi connectivity index (χ0n) is 13.7. The lowest BCUT2D eigenvalue weighted by molar-refractivity contribution is 0.598. The summed E-state index contributed by atoms with van der Waals surface area (Å²) < 4.78 is 0. The van der Waals surface area contributed by atoms with E-state index in [2.05, 4.69) is 30.4 Å². The molecule has 0 aromatic carbocycles. The molecule has 0 N–H and O–H groups in total. The third kappa shape index (κ3) is 13.2. The van der Waals surface area contributed by atoms with Crippen LogP contribution in [-0.4, -0.2) is 0 Å². The second-order valence-corrected chi connectivity index (χ2v) is 5.38. The van der Waals surface area contributed by atoms with E-state index in [9.17, 15) is 0 Å². The Labute approximate surface area is 137 Å². The SMILES string of the molecule is [C]1=C/C=C/C=C\C=C\C=C\C=C\C=C/CCCCCCCC/1. The van der Waals surface area contributed by atoms with Gasteiger partial charge in [0.2, 0.25) is 0 Å². The Morgan fingerprint density at radius 1 is 0.455 bits per heavy atom. The summed E-state index contributed by atoms with van der Waals surface area (Å²) in [6.07, 6.45) is 40.5. The Bertz CT molecular complexity index is 397. The standard InChI is InChI=1S/C22H29/c1-2-4-6-8-10-12-14-16-18-20-22-21-19-17-15-13-11-9-7-5-3-1/h1-13H,14,16-22H2/b3-1+,4-2+,7-5-,8-6+,11-9+,12-10-,15-13?. The van der Waals surface area contributed by atoms with Crippen LogP contribution in [0.1, 0.15) is 51.4 Å². The second kappa shape index (κ2) is 15.6. The molecule has 0 saturated heterocycles. The van der Waals surface area contributed by atoms with Crippen molar-refractivity contribution in [3.05, 3.63) is 85.1 Å². The van der Waals surface area contributed by atoms with Gasteiger partial charge >= 0.3 is 0 Å². The van der Waals surface area contributed by atoms with E-state index in [4.69, 9.17) is 0 Å². The van der Waals surface area contributed by atoms with Gasteiger partial charge in [-0.2, -0.15) is 0 Å². The molecule has 0 atom stereocenters. The van der Waals surface area contributed by atoms with E-state index in [1.54, 1.807) is 0 Å². The normalized spacial score (nSPS) is 29.1. The summed E-state index contributed by atoms with van der Waals surface area (Å²) in [4.78, 5) is 0. The monoisotopic (exact) mass is 293 g/mol. The van der Waals surface area contributed by atoms with Gasteiger partial charge in [-0.05, 0) is 31.8 Å². The molecule has 1 rings (SSSR count). The van der Waals surface area contributed by atoms with Crippen LogP contribution in [0.3, 0.4) is 0 Å². The Hall–Kier alpha value is -1.82. The van der Waals surface area contributed by atoms with Crippen LogP contribution in [0.4, 0.5) is 0 Å². The maximum atomic E-state index is 3.33. The van der Waals surface area contributed by atoms with Crippen molar-refractivity contribution in [3.63, 3.8) is 0 Å². The van der Waals surface area contributed by atoms with Crippen LogP contribution in [0.15, 0.2) is 79.0 Å². The summed E-state index contributed by atoms with van der Waals surface area (Å²) in [5.41, 5.74) is 0. The van der Waals surface area contributed by atoms with Gasteiger partial charge in [-0.3, -0.25) is 0 Å². The van der Waals surface area contributed by atoms with Crippen molar-refractivity contribution in [2.75, 3.05) is 0 Å². The maximum absolute atomic E-state index is 3.33. The van der Waals surface area contributed by atoms with Crippen LogP contribution in [-0.2, 0) is 0 Å². The van der Waals surface area contributed by atoms with E-state index >= 15 is 0 Å². The molecule has 1 aliphatic carbocycles. The molecule has 0 aromatic rings. The van der Waals surface area contributed by atoms with E-state index in [0.29, 0.717) is 0 Å². The predicted octanol–water partition coefficient (Wildman–Crippen LogP) is 6.82. The molecule has 0 saturated carbocycles. The van der Waals surface area contributed by atoms with Crippen molar-refractivity contribution >= 4 is 0 Å². The van der Waals surface area contributed by atoms with E-state index in [-0.39, 0.29) is 0 Å². The Balaban J connectivity index is 2.40. The quantitative estimate of drug-likeness (QED) is 0.460. The number of allylic oxidation sites excluding steroid dienone is 14. The summed E-state index contributed by atoms with van der Waals surface area (Å²) in [5.74, 6) is 0. The van der Waals surface area contributed by atoms with Gasteiger partial charge < -0.3 is 0 Å². The first-order chi connectivity index (χ1) is 11.0. The van der Waals surface area contributed by atoms with Crippen LogP contribution < -0.4 is 0 Å². The average molecular weight is 293 g/mol. The second-order valence-electron chi connectivity index (χ2n) is 5.38. The molecular weight excluding hydrogens is 264 g/mol. The molecule has 117 valence electrons. The first kappa shape index (κ1) is 18.2. The van der Waals surface area contributed by atoms with Crippen LogP contribution >= 0.6 is 0 Å². The van der Waals surface area contributed by atoms with Crippen LogP contribution in [0.25, 0.3) is 0 Å². The van der Waals surface area contributed by atoms with Gasteiger partial charge in [-0.25, -0.2) is 0 Å². The maximum Gasteiger partial charge on any atom is -0.0276 e. The lowest BCUT2D eigenvalue weighted by atomic mass is 10.1. The van der Waals surface area contributed by atoms with Gasteiger partial charge in [-0.15, -0.1) is 0 Å². The first-order valence-corrected chi connectivity index (χ1v) is 8.55. The molecule has 0 heteroatoms. The molecule has 0 heterocycles. The van der Waals surface area contributed by atoms with Crippen molar-refractivity contribution in [1.82, 2.24) is 0 Å². The van der Waals surface area contributed by atoms with Crippen molar-refractivity contribution < 1.29 is 0 Å². The fraction of sp³-hybridized carbons (Fsp3) is 0.364. The molecule has 0 aliphatic heterocycles.